The van der Waals surface area contributed by atoms with E-state index in [0.717, 1.165) is 17.7 Å². The van der Waals surface area contributed by atoms with Crippen LogP contribution in [0.3, 0.4) is 0 Å². The summed E-state index contributed by atoms with van der Waals surface area (Å²) in [5, 5.41) is 28.1. The third kappa shape index (κ3) is 5.99. The number of amides is 2. The second-order valence-electron chi connectivity index (χ2n) is 7.90. The molecule has 4 rings (SSSR count). The maximum absolute atomic E-state index is 12.6. The molecule has 0 unspecified atom stereocenters. The maximum atomic E-state index is 12.6. The van der Waals surface area contributed by atoms with Gasteiger partial charge < -0.3 is 9.47 Å². The number of anilines is 2. The van der Waals surface area contributed by atoms with E-state index in [4.69, 9.17) is 9.47 Å². The SMILES string of the molecule is O=C(Nc1ccc([N+](=O)[O-])c2c(NC(=O)OCc3ccccc3)c([N+](=O)[O-])ccc12)OCc1ccccc1. The topological polar surface area (TPSA) is 163 Å². The van der Waals surface area contributed by atoms with Gasteiger partial charge in [0.2, 0.25) is 0 Å². The first kappa shape index (κ1) is 25.6. The van der Waals surface area contributed by atoms with Gasteiger partial charge in [-0.2, -0.15) is 0 Å². The molecule has 0 saturated carbocycles. The summed E-state index contributed by atoms with van der Waals surface area (Å²) in [4.78, 5) is 47.0. The number of non-ortho nitro benzene ring substituents is 1. The van der Waals surface area contributed by atoms with Gasteiger partial charge in [0.15, 0.2) is 0 Å². The standard InChI is InChI=1S/C26H20N4O8/c31-25(37-15-17-7-3-1-4-8-17)27-20-12-14-21(29(33)34)23-19(20)11-13-22(30(35)36)24(23)28-26(32)38-16-18-9-5-2-6-10-18/h1-14H,15-16H2,(H,27,31)(H,28,32). The van der Waals surface area contributed by atoms with Crippen molar-refractivity contribution in [3.05, 3.63) is 116 Å². The Bertz CT molecular complexity index is 1510. The summed E-state index contributed by atoms with van der Waals surface area (Å²) in [5.41, 5.74) is -0.0713. The molecular formula is C26H20N4O8. The molecule has 0 spiro atoms. The van der Waals surface area contributed by atoms with Gasteiger partial charge in [-0.3, -0.25) is 30.9 Å². The minimum Gasteiger partial charge on any atom is -0.444 e. The van der Waals surface area contributed by atoms with Gasteiger partial charge in [0.25, 0.3) is 11.4 Å². The van der Waals surface area contributed by atoms with E-state index in [9.17, 15) is 29.8 Å². The lowest BCUT2D eigenvalue weighted by molar-refractivity contribution is -0.385. The zero-order chi connectivity index (χ0) is 27.1. The van der Waals surface area contributed by atoms with Crippen molar-refractivity contribution in [1.82, 2.24) is 0 Å². The molecule has 0 aliphatic carbocycles. The van der Waals surface area contributed by atoms with Crippen molar-refractivity contribution in [3.63, 3.8) is 0 Å². The molecule has 192 valence electrons. The fraction of sp³-hybridized carbons (Fsp3) is 0.0769. The normalized spacial score (nSPS) is 10.4. The van der Waals surface area contributed by atoms with Gasteiger partial charge in [-0.05, 0) is 23.3 Å². The summed E-state index contributed by atoms with van der Waals surface area (Å²) >= 11 is 0. The number of nitrogens with one attached hydrogen (secondary N) is 2. The van der Waals surface area contributed by atoms with Crippen LogP contribution >= 0.6 is 0 Å². The maximum Gasteiger partial charge on any atom is 0.412 e. The lowest BCUT2D eigenvalue weighted by Crippen LogP contribution is -2.16. The molecule has 0 aliphatic rings. The first-order chi connectivity index (χ1) is 18.3. The van der Waals surface area contributed by atoms with Gasteiger partial charge in [-0.15, -0.1) is 0 Å². The summed E-state index contributed by atoms with van der Waals surface area (Å²) in [6, 6.07) is 22.3. The molecule has 0 radical (unpaired) electrons. The zero-order valence-electron chi connectivity index (χ0n) is 19.7. The highest BCUT2D eigenvalue weighted by atomic mass is 16.6. The van der Waals surface area contributed by atoms with Crippen molar-refractivity contribution in [2.24, 2.45) is 0 Å². The van der Waals surface area contributed by atoms with E-state index >= 15 is 0 Å². The number of fused-ring (bicyclic) bond motifs is 1. The number of carbonyl (C=O) groups excluding carboxylic acids is 2. The highest BCUT2D eigenvalue weighted by Crippen LogP contribution is 2.42. The summed E-state index contributed by atoms with van der Waals surface area (Å²) < 4.78 is 10.4. The highest BCUT2D eigenvalue weighted by molar-refractivity contribution is 6.14. The highest BCUT2D eigenvalue weighted by Gasteiger charge is 2.27. The average Bonchev–Trinajstić information content (AvgIpc) is 2.92. The van der Waals surface area contributed by atoms with Gasteiger partial charge in [-0.25, -0.2) is 9.59 Å². The smallest absolute Gasteiger partial charge is 0.412 e. The zero-order valence-corrected chi connectivity index (χ0v) is 19.7. The van der Waals surface area contributed by atoms with Gasteiger partial charge >= 0.3 is 12.2 Å². The Morgan fingerprint density at radius 2 is 1.16 bits per heavy atom. The molecule has 0 fully saturated rings. The van der Waals surface area contributed by atoms with Crippen LogP contribution in [0.1, 0.15) is 11.1 Å². The molecule has 0 aliphatic heterocycles. The van der Waals surface area contributed by atoms with E-state index in [1.165, 1.54) is 12.1 Å². The molecule has 12 heteroatoms. The third-order valence-electron chi connectivity index (χ3n) is 5.42. The third-order valence-corrected chi connectivity index (χ3v) is 5.42. The number of benzene rings is 4. The van der Waals surface area contributed by atoms with Gasteiger partial charge in [-0.1, -0.05) is 60.7 Å². The summed E-state index contributed by atoms with van der Waals surface area (Å²) in [6.45, 7) is -0.156. The van der Waals surface area contributed by atoms with E-state index in [2.05, 4.69) is 10.6 Å². The number of rotatable bonds is 8. The second kappa shape index (κ2) is 11.5. The van der Waals surface area contributed by atoms with E-state index in [1.807, 2.05) is 6.07 Å². The predicted molar refractivity (Wildman–Crippen MR) is 138 cm³/mol. The lowest BCUT2D eigenvalue weighted by Gasteiger charge is -2.14. The van der Waals surface area contributed by atoms with Crippen molar-refractivity contribution < 1.29 is 28.9 Å². The van der Waals surface area contributed by atoms with Crippen LogP contribution in [0.15, 0.2) is 84.9 Å². The Morgan fingerprint density at radius 3 is 1.68 bits per heavy atom. The molecule has 4 aromatic carbocycles. The van der Waals surface area contributed by atoms with Gasteiger partial charge in [0, 0.05) is 17.5 Å². The van der Waals surface area contributed by atoms with Crippen LogP contribution in [-0.2, 0) is 22.7 Å². The van der Waals surface area contributed by atoms with Crippen LogP contribution in [0, 0.1) is 20.2 Å². The summed E-state index contributed by atoms with van der Waals surface area (Å²) in [5.74, 6) is 0. The lowest BCUT2D eigenvalue weighted by atomic mass is 10.0. The minimum absolute atomic E-state index is 0.0247. The fourth-order valence-corrected chi connectivity index (χ4v) is 3.69. The van der Waals surface area contributed by atoms with Gasteiger partial charge in [0.05, 0.1) is 20.9 Å². The van der Waals surface area contributed by atoms with Crippen LogP contribution in [-0.4, -0.2) is 22.0 Å². The minimum atomic E-state index is -1.06. The molecule has 0 saturated heterocycles. The summed E-state index contributed by atoms with van der Waals surface area (Å²) in [6.07, 6.45) is -1.90. The van der Waals surface area contributed by atoms with Crippen molar-refractivity contribution in [2.75, 3.05) is 10.6 Å². The van der Waals surface area contributed by atoms with E-state index in [-0.39, 0.29) is 29.7 Å². The Hall–Kier alpha value is -5.52. The van der Waals surface area contributed by atoms with E-state index in [0.29, 0.717) is 5.56 Å². The number of ether oxygens (including phenoxy) is 2. The number of carbonyl (C=O) groups is 2. The van der Waals surface area contributed by atoms with Crippen molar-refractivity contribution in [3.8, 4) is 0 Å². The fourth-order valence-electron chi connectivity index (χ4n) is 3.69. The number of nitro groups is 2. The first-order valence-electron chi connectivity index (χ1n) is 11.2. The van der Waals surface area contributed by atoms with Crippen molar-refractivity contribution in [1.29, 1.82) is 0 Å². The van der Waals surface area contributed by atoms with Crippen LogP contribution in [0.5, 0.6) is 0 Å². The molecule has 2 amide bonds. The van der Waals surface area contributed by atoms with Crippen LogP contribution < -0.4 is 10.6 Å². The monoisotopic (exact) mass is 516 g/mol. The van der Waals surface area contributed by atoms with Gasteiger partial charge in [0.1, 0.15) is 18.9 Å². The van der Waals surface area contributed by atoms with Crippen molar-refractivity contribution in [2.45, 2.75) is 13.2 Å². The molecule has 0 aromatic heterocycles. The van der Waals surface area contributed by atoms with Crippen LogP contribution in [0.25, 0.3) is 10.8 Å². The number of hydrogen-bond acceptors (Lipinski definition) is 8. The first-order valence-corrected chi connectivity index (χ1v) is 11.2. The molecule has 0 bridgehead atoms. The Kier molecular flexibility index (Phi) is 7.72. The molecule has 0 heterocycles. The van der Waals surface area contributed by atoms with Crippen molar-refractivity contribution >= 4 is 45.7 Å². The summed E-state index contributed by atoms with van der Waals surface area (Å²) in [7, 11) is 0. The molecule has 4 aromatic rings. The molecule has 2 N–H and O–H groups in total. The predicted octanol–water partition coefficient (Wildman–Crippen LogP) is 6.15. The van der Waals surface area contributed by atoms with Crippen LogP contribution in [0.4, 0.5) is 32.3 Å². The molecule has 38 heavy (non-hydrogen) atoms. The number of hydrogen-bond donors (Lipinski definition) is 2. The van der Waals surface area contributed by atoms with Crippen LogP contribution in [0.2, 0.25) is 0 Å². The number of nitro benzene ring substituents is 2. The molecule has 0 atom stereocenters. The average molecular weight is 516 g/mol. The number of nitrogens with zero attached hydrogens (tertiary/aromatic N) is 2. The van der Waals surface area contributed by atoms with E-state index in [1.54, 1.807) is 54.6 Å². The largest absolute Gasteiger partial charge is 0.444 e. The second-order valence-corrected chi connectivity index (χ2v) is 7.90. The Morgan fingerprint density at radius 1 is 0.658 bits per heavy atom. The molecular weight excluding hydrogens is 496 g/mol. The quantitative estimate of drug-likeness (QED) is 0.208. The molecule has 12 nitrogen and oxygen atoms in total. The Labute approximate surface area is 215 Å². The Balaban J connectivity index is 1.66. The van der Waals surface area contributed by atoms with E-state index < -0.39 is 39.1 Å².